The van der Waals surface area contributed by atoms with Crippen molar-refractivity contribution in [2.75, 3.05) is 7.11 Å². The van der Waals surface area contributed by atoms with Crippen LogP contribution in [-0.2, 0) is 0 Å². The number of fused-ring (bicyclic) bond motifs is 1. The maximum Gasteiger partial charge on any atom is 0.203 e. The van der Waals surface area contributed by atoms with Crippen molar-refractivity contribution in [1.29, 1.82) is 0 Å². The standard InChI is InChI=1S/C18H14O4/c1-11-3-8-16-14(9-11)18(20)15(10-22-16)17(19)12-4-6-13(21-2)7-5-12/h3-10H,1-2H3. The fraction of sp³-hybridized carbons (Fsp3) is 0.111. The Morgan fingerprint density at radius 3 is 2.50 bits per heavy atom. The summed E-state index contributed by atoms with van der Waals surface area (Å²) in [6.07, 6.45) is 1.23. The van der Waals surface area contributed by atoms with Gasteiger partial charge < -0.3 is 9.15 Å². The van der Waals surface area contributed by atoms with Gasteiger partial charge in [0.05, 0.1) is 12.5 Å². The van der Waals surface area contributed by atoms with Gasteiger partial charge in [0.15, 0.2) is 5.78 Å². The summed E-state index contributed by atoms with van der Waals surface area (Å²) in [6, 6.07) is 11.9. The number of methoxy groups -OCH3 is 1. The van der Waals surface area contributed by atoms with Crippen molar-refractivity contribution >= 4 is 16.8 Å². The number of ketones is 1. The van der Waals surface area contributed by atoms with Crippen molar-refractivity contribution in [2.24, 2.45) is 0 Å². The molecule has 0 bridgehead atoms. The Hall–Kier alpha value is -2.88. The van der Waals surface area contributed by atoms with Crippen LogP contribution in [0.1, 0.15) is 21.5 Å². The number of rotatable bonds is 3. The second-order valence-corrected chi connectivity index (χ2v) is 5.04. The van der Waals surface area contributed by atoms with Gasteiger partial charge in [0.1, 0.15) is 23.2 Å². The summed E-state index contributed by atoms with van der Waals surface area (Å²) in [5.41, 5.74) is 1.55. The highest BCUT2D eigenvalue weighted by Crippen LogP contribution is 2.17. The molecule has 2 aromatic carbocycles. The van der Waals surface area contributed by atoms with Crippen molar-refractivity contribution in [2.45, 2.75) is 6.92 Å². The Kier molecular flexibility index (Phi) is 3.51. The minimum atomic E-state index is -0.361. The molecule has 0 radical (unpaired) electrons. The molecule has 0 fully saturated rings. The van der Waals surface area contributed by atoms with Crippen LogP contribution in [0.5, 0.6) is 5.75 Å². The Balaban J connectivity index is 2.10. The minimum absolute atomic E-state index is 0.0308. The maximum absolute atomic E-state index is 12.5. The van der Waals surface area contributed by atoms with Crippen LogP contribution in [0.25, 0.3) is 11.0 Å². The lowest BCUT2D eigenvalue weighted by Crippen LogP contribution is -2.15. The molecular formula is C18H14O4. The second-order valence-electron chi connectivity index (χ2n) is 5.04. The van der Waals surface area contributed by atoms with Crippen molar-refractivity contribution < 1.29 is 13.9 Å². The number of hydrogen-bond acceptors (Lipinski definition) is 4. The van der Waals surface area contributed by atoms with Crippen molar-refractivity contribution in [3.8, 4) is 5.75 Å². The van der Waals surface area contributed by atoms with Crippen LogP contribution in [0.15, 0.2) is 57.9 Å². The molecule has 0 amide bonds. The summed E-state index contributed by atoms with van der Waals surface area (Å²) >= 11 is 0. The van der Waals surface area contributed by atoms with E-state index in [9.17, 15) is 9.59 Å². The van der Waals surface area contributed by atoms with Gasteiger partial charge in [0, 0.05) is 5.56 Å². The van der Waals surface area contributed by atoms with Gasteiger partial charge in [-0.3, -0.25) is 9.59 Å². The predicted octanol–water partition coefficient (Wildman–Crippen LogP) is 3.34. The lowest BCUT2D eigenvalue weighted by atomic mass is 10.0. The van der Waals surface area contributed by atoms with E-state index in [0.29, 0.717) is 22.3 Å². The van der Waals surface area contributed by atoms with Gasteiger partial charge in [-0.05, 0) is 43.3 Å². The van der Waals surface area contributed by atoms with Crippen LogP contribution in [-0.4, -0.2) is 12.9 Å². The molecule has 3 aromatic rings. The number of carbonyl (C=O) groups excluding carboxylic acids is 1. The largest absolute Gasteiger partial charge is 0.497 e. The number of benzene rings is 2. The van der Waals surface area contributed by atoms with Crippen molar-refractivity contribution in [3.63, 3.8) is 0 Å². The quantitative estimate of drug-likeness (QED) is 0.695. The van der Waals surface area contributed by atoms with Gasteiger partial charge in [-0.2, -0.15) is 0 Å². The lowest BCUT2D eigenvalue weighted by Gasteiger charge is -2.04. The van der Waals surface area contributed by atoms with Gasteiger partial charge >= 0.3 is 0 Å². The maximum atomic E-state index is 12.5. The number of hydrogen-bond donors (Lipinski definition) is 0. The van der Waals surface area contributed by atoms with Crippen LogP contribution >= 0.6 is 0 Å². The number of ether oxygens (including phenoxy) is 1. The molecule has 3 rings (SSSR count). The summed E-state index contributed by atoms with van der Waals surface area (Å²) in [4.78, 5) is 25.0. The van der Waals surface area contributed by atoms with Crippen molar-refractivity contribution in [1.82, 2.24) is 0 Å². The van der Waals surface area contributed by atoms with E-state index in [1.807, 2.05) is 13.0 Å². The summed E-state index contributed by atoms with van der Waals surface area (Å²) in [7, 11) is 1.55. The molecule has 0 unspecified atom stereocenters. The monoisotopic (exact) mass is 294 g/mol. The Morgan fingerprint density at radius 2 is 1.82 bits per heavy atom. The molecule has 4 nitrogen and oxygen atoms in total. The van der Waals surface area contributed by atoms with Crippen LogP contribution in [0.2, 0.25) is 0 Å². The normalized spacial score (nSPS) is 10.6. The summed E-state index contributed by atoms with van der Waals surface area (Å²) in [6.45, 7) is 1.89. The highest BCUT2D eigenvalue weighted by molar-refractivity contribution is 6.09. The first-order valence-electron chi connectivity index (χ1n) is 6.81. The van der Waals surface area contributed by atoms with Crippen molar-refractivity contribution in [3.05, 3.63) is 75.6 Å². The fourth-order valence-electron chi connectivity index (χ4n) is 2.30. The average molecular weight is 294 g/mol. The Bertz CT molecular complexity index is 905. The smallest absolute Gasteiger partial charge is 0.203 e. The molecule has 110 valence electrons. The number of aryl methyl sites for hydroxylation is 1. The first-order chi connectivity index (χ1) is 10.6. The van der Waals surface area contributed by atoms with Crippen LogP contribution in [0.3, 0.4) is 0 Å². The van der Waals surface area contributed by atoms with E-state index in [4.69, 9.17) is 9.15 Å². The first-order valence-corrected chi connectivity index (χ1v) is 6.81. The van der Waals surface area contributed by atoms with E-state index in [2.05, 4.69) is 0 Å². The molecule has 0 saturated heterocycles. The molecule has 22 heavy (non-hydrogen) atoms. The molecule has 1 aromatic heterocycles. The molecule has 4 heteroatoms. The Labute approximate surface area is 127 Å². The average Bonchev–Trinajstić information content (AvgIpc) is 2.55. The topological polar surface area (TPSA) is 56.5 Å². The van der Waals surface area contributed by atoms with Gasteiger partial charge in [-0.25, -0.2) is 0 Å². The third kappa shape index (κ3) is 2.39. The third-order valence-electron chi connectivity index (χ3n) is 3.52. The summed E-state index contributed by atoms with van der Waals surface area (Å²) < 4.78 is 10.5. The summed E-state index contributed by atoms with van der Waals surface area (Å²) in [5, 5.41) is 0.416. The van der Waals surface area contributed by atoms with Gasteiger partial charge in [0.2, 0.25) is 5.43 Å². The molecule has 0 aliphatic carbocycles. The van der Waals surface area contributed by atoms with Crippen LogP contribution in [0.4, 0.5) is 0 Å². The van der Waals surface area contributed by atoms with E-state index in [-0.39, 0.29) is 16.8 Å². The highest BCUT2D eigenvalue weighted by Gasteiger charge is 2.16. The SMILES string of the molecule is COc1ccc(C(=O)c2coc3ccc(C)cc3c2=O)cc1. The predicted molar refractivity (Wildman–Crippen MR) is 83.6 cm³/mol. The zero-order valence-electron chi connectivity index (χ0n) is 12.3. The molecule has 0 spiro atoms. The highest BCUT2D eigenvalue weighted by atomic mass is 16.5. The van der Waals surface area contributed by atoms with E-state index >= 15 is 0 Å². The van der Waals surface area contributed by atoms with E-state index < -0.39 is 0 Å². The van der Waals surface area contributed by atoms with Gasteiger partial charge in [-0.15, -0.1) is 0 Å². The molecule has 0 N–H and O–H groups in total. The number of carbonyl (C=O) groups is 1. The van der Waals surface area contributed by atoms with Gasteiger partial charge in [-0.1, -0.05) is 11.6 Å². The second kappa shape index (κ2) is 5.48. The first kappa shape index (κ1) is 14.1. The Morgan fingerprint density at radius 1 is 1.09 bits per heavy atom. The summed E-state index contributed by atoms with van der Waals surface area (Å²) in [5.74, 6) is 0.289. The molecule has 0 aliphatic heterocycles. The van der Waals surface area contributed by atoms with Gasteiger partial charge in [0.25, 0.3) is 0 Å². The lowest BCUT2D eigenvalue weighted by molar-refractivity contribution is 0.103. The fourth-order valence-corrected chi connectivity index (χ4v) is 2.30. The van der Waals surface area contributed by atoms with E-state index in [1.165, 1.54) is 6.26 Å². The molecular weight excluding hydrogens is 280 g/mol. The third-order valence-corrected chi connectivity index (χ3v) is 3.52. The zero-order chi connectivity index (χ0) is 15.7. The van der Waals surface area contributed by atoms with Crippen LogP contribution < -0.4 is 10.2 Å². The molecule has 0 saturated carbocycles. The molecule has 1 heterocycles. The van der Waals surface area contributed by atoms with E-state index in [1.54, 1.807) is 43.5 Å². The minimum Gasteiger partial charge on any atom is -0.497 e. The molecule has 0 aliphatic rings. The molecule has 0 atom stereocenters. The zero-order valence-corrected chi connectivity index (χ0v) is 12.3. The van der Waals surface area contributed by atoms with Crippen LogP contribution in [0, 0.1) is 6.92 Å². The van der Waals surface area contributed by atoms with E-state index in [0.717, 1.165) is 5.56 Å².